The maximum Gasteiger partial charge on any atom is 0.254 e. The van der Waals surface area contributed by atoms with Crippen LogP contribution in [0.5, 0.6) is 0 Å². The van der Waals surface area contributed by atoms with E-state index < -0.39 is 0 Å². The summed E-state index contributed by atoms with van der Waals surface area (Å²) in [5.41, 5.74) is 1.76. The van der Waals surface area contributed by atoms with Gasteiger partial charge in [0, 0.05) is 24.6 Å². The van der Waals surface area contributed by atoms with Crippen LogP contribution >= 0.6 is 0 Å². The van der Waals surface area contributed by atoms with Gasteiger partial charge in [-0.15, -0.1) is 0 Å². The van der Waals surface area contributed by atoms with Gasteiger partial charge in [0.25, 0.3) is 5.91 Å². The number of hydrogen-bond acceptors (Lipinski definition) is 2. The molecule has 4 nitrogen and oxygen atoms in total. The molecule has 0 radical (unpaired) electrons. The van der Waals surface area contributed by atoms with E-state index in [2.05, 4.69) is 17.4 Å². The van der Waals surface area contributed by atoms with E-state index >= 15 is 0 Å². The van der Waals surface area contributed by atoms with Crippen LogP contribution < -0.4 is 5.32 Å². The molecule has 1 saturated carbocycles. The first-order chi connectivity index (χ1) is 15.2. The number of carbonyl (C=O) groups excluding carboxylic acids is 2. The highest BCUT2D eigenvalue weighted by Gasteiger charge is 2.41. The van der Waals surface area contributed by atoms with Crippen molar-refractivity contribution >= 4 is 22.6 Å². The fraction of sp³-hybridized carbons (Fsp3) is 0.333. The van der Waals surface area contributed by atoms with E-state index in [0.717, 1.165) is 35.6 Å². The fourth-order valence-corrected chi connectivity index (χ4v) is 5.04. The second kappa shape index (κ2) is 8.18. The van der Waals surface area contributed by atoms with Crippen molar-refractivity contribution in [3.63, 3.8) is 0 Å². The molecule has 5 rings (SSSR count). The molecule has 0 aromatic heterocycles. The van der Waals surface area contributed by atoms with Crippen molar-refractivity contribution in [2.45, 2.75) is 37.6 Å². The monoisotopic (exact) mass is 412 g/mol. The Hall–Kier alpha value is -3.14. The lowest BCUT2D eigenvalue weighted by Crippen LogP contribution is -2.53. The molecule has 0 bridgehead atoms. The van der Waals surface area contributed by atoms with Crippen LogP contribution in [-0.4, -0.2) is 29.8 Å². The van der Waals surface area contributed by atoms with Crippen molar-refractivity contribution < 1.29 is 9.59 Å². The standard InChI is InChI=1S/C27H28N2O2/c30-25(28-27(16-7-17-27)22-10-2-1-3-11-22)21-14-18-29(19-15-21)26(31)24-13-6-9-20-8-4-5-12-23(20)24/h1-6,8-13,21H,7,14-19H2,(H,28,30). The van der Waals surface area contributed by atoms with Gasteiger partial charge in [0.2, 0.25) is 5.91 Å². The van der Waals surface area contributed by atoms with Crippen LogP contribution in [0.4, 0.5) is 0 Å². The molecule has 1 aliphatic heterocycles. The van der Waals surface area contributed by atoms with E-state index in [4.69, 9.17) is 0 Å². The number of amides is 2. The summed E-state index contributed by atoms with van der Waals surface area (Å²) >= 11 is 0. The highest BCUT2D eigenvalue weighted by molar-refractivity contribution is 6.07. The molecule has 4 heteroatoms. The van der Waals surface area contributed by atoms with Gasteiger partial charge in [0.15, 0.2) is 0 Å². The van der Waals surface area contributed by atoms with E-state index in [1.165, 1.54) is 5.56 Å². The second-order valence-corrected chi connectivity index (χ2v) is 8.88. The van der Waals surface area contributed by atoms with Crippen LogP contribution in [0.3, 0.4) is 0 Å². The van der Waals surface area contributed by atoms with Crippen molar-refractivity contribution in [2.24, 2.45) is 5.92 Å². The molecular weight excluding hydrogens is 384 g/mol. The van der Waals surface area contributed by atoms with Gasteiger partial charge in [-0.1, -0.05) is 66.7 Å². The first kappa shape index (κ1) is 19.8. The molecule has 0 spiro atoms. The van der Waals surface area contributed by atoms with Gasteiger partial charge in [-0.2, -0.15) is 0 Å². The van der Waals surface area contributed by atoms with Gasteiger partial charge in [0.05, 0.1) is 5.54 Å². The first-order valence-corrected chi connectivity index (χ1v) is 11.3. The van der Waals surface area contributed by atoms with Crippen LogP contribution in [0.15, 0.2) is 72.8 Å². The second-order valence-electron chi connectivity index (χ2n) is 8.88. The Balaban J connectivity index is 1.24. The fourth-order valence-electron chi connectivity index (χ4n) is 5.04. The summed E-state index contributed by atoms with van der Waals surface area (Å²) in [5, 5.41) is 5.44. The lowest BCUT2D eigenvalue weighted by atomic mass is 9.71. The van der Waals surface area contributed by atoms with Gasteiger partial charge in [-0.05, 0) is 54.5 Å². The smallest absolute Gasteiger partial charge is 0.254 e. The number of rotatable bonds is 4. The Morgan fingerprint density at radius 2 is 1.52 bits per heavy atom. The average molecular weight is 413 g/mol. The molecule has 1 saturated heterocycles. The van der Waals surface area contributed by atoms with Crippen LogP contribution in [0.25, 0.3) is 10.8 Å². The van der Waals surface area contributed by atoms with Crippen molar-refractivity contribution in [1.82, 2.24) is 10.2 Å². The zero-order valence-electron chi connectivity index (χ0n) is 17.7. The molecule has 158 valence electrons. The summed E-state index contributed by atoms with van der Waals surface area (Å²) in [5.74, 6) is 0.175. The van der Waals surface area contributed by atoms with Gasteiger partial charge >= 0.3 is 0 Å². The number of benzene rings is 3. The predicted molar refractivity (Wildman–Crippen MR) is 123 cm³/mol. The molecule has 0 atom stereocenters. The van der Waals surface area contributed by atoms with E-state index in [1.54, 1.807) is 0 Å². The Labute approximate surface area is 183 Å². The van der Waals surface area contributed by atoms with Gasteiger partial charge < -0.3 is 10.2 Å². The Bertz CT molecular complexity index is 1090. The minimum Gasteiger partial charge on any atom is -0.346 e. The van der Waals surface area contributed by atoms with Crippen LogP contribution in [-0.2, 0) is 10.3 Å². The third-order valence-corrected chi connectivity index (χ3v) is 7.07. The van der Waals surface area contributed by atoms with Crippen molar-refractivity contribution in [2.75, 3.05) is 13.1 Å². The summed E-state index contributed by atoms with van der Waals surface area (Å²) in [6.07, 6.45) is 4.58. The first-order valence-electron chi connectivity index (χ1n) is 11.3. The van der Waals surface area contributed by atoms with Crippen molar-refractivity contribution in [3.05, 3.63) is 83.9 Å². The van der Waals surface area contributed by atoms with E-state index in [9.17, 15) is 9.59 Å². The number of piperidine rings is 1. The highest BCUT2D eigenvalue weighted by Crippen LogP contribution is 2.41. The van der Waals surface area contributed by atoms with E-state index in [0.29, 0.717) is 25.9 Å². The molecule has 2 amide bonds. The maximum absolute atomic E-state index is 13.2. The molecule has 1 aliphatic carbocycles. The molecular formula is C27H28N2O2. The lowest BCUT2D eigenvalue weighted by molar-refractivity contribution is -0.129. The molecule has 1 N–H and O–H groups in total. The Morgan fingerprint density at radius 1 is 0.839 bits per heavy atom. The Morgan fingerprint density at radius 3 is 2.23 bits per heavy atom. The van der Waals surface area contributed by atoms with Gasteiger partial charge in [0.1, 0.15) is 0 Å². The third-order valence-electron chi connectivity index (χ3n) is 7.07. The minimum atomic E-state index is -0.200. The number of nitrogens with zero attached hydrogens (tertiary/aromatic N) is 1. The predicted octanol–water partition coefficient (Wildman–Crippen LogP) is 4.89. The van der Waals surface area contributed by atoms with Crippen LogP contribution in [0.1, 0.15) is 48.0 Å². The van der Waals surface area contributed by atoms with E-state index in [1.807, 2.05) is 65.6 Å². The summed E-state index contributed by atoms with van der Waals surface area (Å²) < 4.78 is 0. The van der Waals surface area contributed by atoms with E-state index in [-0.39, 0.29) is 23.3 Å². The van der Waals surface area contributed by atoms with Crippen LogP contribution in [0, 0.1) is 5.92 Å². The lowest BCUT2D eigenvalue weighted by Gasteiger charge is -2.44. The van der Waals surface area contributed by atoms with Crippen LogP contribution in [0.2, 0.25) is 0 Å². The number of fused-ring (bicyclic) bond motifs is 1. The average Bonchev–Trinajstić information content (AvgIpc) is 2.81. The molecule has 2 fully saturated rings. The number of hydrogen-bond donors (Lipinski definition) is 1. The minimum absolute atomic E-state index is 0.0299. The molecule has 3 aromatic carbocycles. The molecule has 1 heterocycles. The number of likely N-dealkylation sites (tertiary alicyclic amines) is 1. The van der Waals surface area contributed by atoms with Crippen molar-refractivity contribution in [3.8, 4) is 0 Å². The topological polar surface area (TPSA) is 49.4 Å². The zero-order chi connectivity index (χ0) is 21.3. The normalized spacial score (nSPS) is 18.4. The third kappa shape index (κ3) is 3.71. The van der Waals surface area contributed by atoms with Crippen molar-refractivity contribution in [1.29, 1.82) is 0 Å². The summed E-state index contributed by atoms with van der Waals surface area (Å²) in [7, 11) is 0. The Kier molecular flexibility index (Phi) is 5.23. The zero-order valence-corrected chi connectivity index (χ0v) is 17.7. The highest BCUT2D eigenvalue weighted by atomic mass is 16.2. The SMILES string of the molecule is O=C(NC1(c2ccccc2)CCC1)C1CCN(C(=O)c2cccc3ccccc23)CC1. The molecule has 31 heavy (non-hydrogen) atoms. The molecule has 0 unspecified atom stereocenters. The van der Waals surface area contributed by atoms with Gasteiger partial charge in [-0.25, -0.2) is 0 Å². The largest absolute Gasteiger partial charge is 0.346 e. The molecule has 2 aliphatic rings. The van der Waals surface area contributed by atoms with Gasteiger partial charge in [-0.3, -0.25) is 9.59 Å². The maximum atomic E-state index is 13.2. The summed E-state index contributed by atoms with van der Waals surface area (Å²) in [4.78, 5) is 28.2. The summed E-state index contributed by atoms with van der Waals surface area (Å²) in [6.45, 7) is 1.25. The quantitative estimate of drug-likeness (QED) is 0.663. The number of carbonyl (C=O) groups is 2. The number of nitrogens with one attached hydrogen (secondary N) is 1. The summed E-state index contributed by atoms with van der Waals surface area (Å²) in [6, 6.07) is 24.2. The molecule has 3 aromatic rings.